The van der Waals surface area contributed by atoms with E-state index < -0.39 is 11.8 Å². The number of carbonyl (C=O) groups excluding carboxylic acids is 2. The maximum atomic E-state index is 12.9. The first kappa shape index (κ1) is 22.7. The number of furan rings is 1. The number of hydrogen-bond donors (Lipinski definition) is 2. The molecule has 0 aliphatic carbocycles. The van der Waals surface area contributed by atoms with Gasteiger partial charge in [0.25, 0.3) is 11.8 Å². The Hall–Kier alpha value is -4.00. The minimum absolute atomic E-state index is 0.0645. The average molecular weight is 434 g/mol. The van der Waals surface area contributed by atoms with Crippen molar-refractivity contribution < 1.29 is 23.5 Å². The van der Waals surface area contributed by atoms with E-state index in [1.54, 1.807) is 50.4 Å². The number of hydrogen-bond acceptors (Lipinski definition) is 5. The maximum Gasteiger partial charge on any atom is 0.268 e. The molecular formula is C25H26N2O5. The fourth-order valence-electron chi connectivity index (χ4n) is 2.87. The largest absolute Gasteiger partial charge is 0.493 e. The van der Waals surface area contributed by atoms with Gasteiger partial charge in [0.05, 0.1) is 19.4 Å². The van der Waals surface area contributed by atoms with Crippen molar-refractivity contribution in [3.63, 3.8) is 0 Å². The molecule has 7 heteroatoms. The molecule has 2 N–H and O–H groups in total. The van der Waals surface area contributed by atoms with Gasteiger partial charge < -0.3 is 24.5 Å². The predicted molar refractivity (Wildman–Crippen MR) is 121 cm³/mol. The highest BCUT2D eigenvalue weighted by molar-refractivity contribution is 6.05. The molecule has 32 heavy (non-hydrogen) atoms. The zero-order valence-corrected chi connectivity index (χ0v) is 18.3. The van der Waals surface area contributed by atoms with E-state index in [0.29, 0.717) is 22.8 Å². The van der Waals surface area contributed by atoms with Gasteiger partial charge in [0.2, 0.25) is 0 Å². The number of para-hydroxylation sites is 2. The van der Waals surface area contributed by atoms with Crippen molar-refractivity contribution in [3.8, 4) is 11.5 Å². The van der Waals surface area contributed by atoms with E-state index in [-0.39, 0.29) is 18.3 Å². The second kappa shape index (κ2) is 10.9. The Kier molecular flexibility index (Phi) is 7.70. The van der Waals surface area contributed by atoms with Crippen molar-refractivity contribution in [2.45, 2.75) is 19.9 Å². The minimum atomic E-state index is -0.460. The Morgan fingerprint density at radius 2 is 1.75 bits per heavy atom. The van der Waals surface area contributed by atoms with Crippen LogP contribution in [0.15, 0.2) is 77.0 Å². The van der Waals surface area contributed by atoms with E-state index >= 15 is 0 Å². The zero-order valence-electron chi connectivity index (χ0n) is 18.3. The summed E-state index contributed by atoms with van der Waals surface area (Å²) in [7, 11) is 1.57. The van der Waals surface area contributed by atoms with E-state index in [9.17, 15) is 9.59 Å². The SMILES string of the molecule is COc1ccccc1OCC(C)NC(=O)/C(=C/c1ccco1)NC(=O)c1ccc(C)cc1. The van der Waals surface area contributed by atoms with Crippen LogP contribution in [0.1, 0.15) is 28.6 Å². The number of carbonyl (C=O) groups is 2. The number of ether oxygens (including phenoxy) is 2. The summed E-state index contributed by atoms with van der Waals surface area (Å²) in [5.41, 5.74) is 1.55. The Balaban J connectivity index is 1.68. The van der Waals surface area contributed by atoms with Gasteiger partial charge in [-0.3, -0.25) is 9.59 Å². The van der Waals surface area contributed by atoms with Crippen molar-refractivity contribution in [2.24, 2.45) is 0 Å². The van der Waals surface area contributed by atoms with Crippen molar-refractivity contribution >= 4 is 17.9 Å². The monoisotopic (exact) mass is 434 g/mol. The fraction of sp³-hybridized carbons (Fsp3) is 0.200. The smallest absolute Gasteiger partial charge is 0.268 e. The Labute approximate surface area is 187 Å². The minimum Gasteiger partial charge on any atom is -0.493 e. The summed E-state index contributed by atoms with van der Waals surface area (Å²) in [6.07, 6.45) is 2.97. The zero-order chi connectivity index (χ0) is 22.9. The van der Waals surface area contributed by atoms with Crippen LogP contribution in [0.3, 0.4) is 0 Å². The standard InChI is InChI=1S/C25H26N2O5/c1-17-10-12-19(13-11-17)24(28)27-21(15-20-7-6-14-31-20)25(29)26-18(2)16-32-23-9-5-4-8-22(23)30-3/h4-15,18H,16H2,1-3H3,(H,26,29)(H,27,28)/b21-15-. The first-order chi connectivity index (χ1) is 15.5. The van der Waals surface area contributed by atoms with Gasteiger partial charge in [0.15, 0.2) is 11.5 Å². The van der Waals surface area contributed by atoms with Gasteiger partial charge in [-0.25, -0.2) is 0 Å². The summed E-state index contributed by atoms with van der Waals surface area (Å²) in [5, 5.41) is 5.51. The lowest BCUT2D eigenvalue weighted by molar-refractivity contribution is -0.118. The lowest BCUT2D eigenvalue weighted by Gasteiger charge is -2.18. The van der Waals surface area contributed by atoms with Gasteiger partial charge in [-0.2, -0.15) is 0 Å². The summed E-state index contributed by atoms with van der Waals surface area (Å²) < 4.78 is 16.3. The molecule has 0 fully saturated rings. The highest BCUT2D eigenvalue weighted by atomic mass is 16.5. The molecule has 1 heterocycles. The molecule has 0 bridgehead atoms. The number of methoxy groups -OCH3 is 1. The van der Waals surface area contributed by atoms with Crippen molar-refractivity contribution in [1.82, 2.24) is 10.6 Å². The molecule has 0 aliphatic heterocycles. The van der Waals surface area contributed by atoms with Gasteiger partial charge >= 0.3 is 0 Å². The molecule has 0 radical (unpaired) electrons. The highest BCUT2D eigenvalue weighted by Gasteiger charge is 2.18. The maximum absolute atomic E-state index is 12.9. The second-order valence-corrected chi connectivity index (χ2v) is 7.23. The average Bonchev–Trinajstić information content (AvgIpc) is 3.31. The van der Waals surface area contributed by atoms with Crippen LogP contribution in [0.25, 0.3) is 6.08 Å². The lowest BCUT2D eigenvalue weighted by atomic mass is 10.1. The molecule has 7 nitrogen and oxygen atoms in total. The number of aryl methyl sites for hydroxylation is 1. The van der Waals surface area contributed by atoms with Crippen molar-refractivity contribution in [3.05, 3.63) is 89.5 Å². The molecule has 3 rings (SSSR count). The molecule has 1 unspecified atom stereocenters. The van der Waals surface area contributed by atoms with E-state index in [1.807, 2.05) is 31.2 Å². The van der Waals surface area contributed by atoms with Gasteiger partial charge in [-0.1, -0.05) is 29.8 Å². The summed E-state index contributed by atoms with van der Waals surface area (Å²) >= 11 is 0. The van der Waals surface area contributed by atoms with Gasteiger partial charge in [0, 0.05) is 11.6 Å². The third-order valence-electron chi connectivity index (χ3n) is 4.57. The lowest BCUT2D eigenvalue weighted by Crippen LogP contribution is -2.41. The number of amides is 2. The molecule has 2 amide bonds. The Morgan fingerprint density at radius 3 is 2.41 bits per heavy atom. The first-order valence-electron chi connectivity index (χ1n) is 10.2. The molecular weight excluding hydrogens is 408 g/mol. The number of rotatable bonds is 9. The van der Waals surface area contributed by atoms with Crippen LogP contribution in [0, 0.1) is 6.92 Å². The van der Waals surface area contributed by atoms with E-state index in [0.717, 1.165) is 5.56 Å². The molecule has 1 aromatic heterocycles. The predicted octanol–water partition coefficient (Wildman–Crippen LogP) is 3.95. The Morgan fingerprint density at radius 1 is 1.03 bits per heavy atom. The van der Waals surface area contributed by atoms with Crippen LogP contribution in [0.5, 0.6) is 11.5 Å². The van der Waals surface area contributed by atoms with Crippen LogP contribution >= 0.6 is 0 Å². The molecule has 166 valence electrons. The first-order valence-corrected chi connectivity index (χ1v) is 10.2. The van der Waals surface area contributed by atoms with Crippen LogP contribution in [-0.2, 0) is 4.79 Å². The Bertz CT molecular complexity index is 1070. The quantitative estimate of drug-likeness (QED) is 0.498. The van der Waals surface area contributed by atoms with Crippen LogP contribution in [0.4, 0.5) is 0 Å². The molecule has 3 aromatic rings. The molecule has 0 saturated heterocycles. The topological polar surface area (TPSA) is 89.8 Å². The van der Waals surface area contributed by atoms with Crippen LogP contribution in [0.2, 0.25) is 0 Å². The highest BCUT2D eigenvalue weighted by Crippen LogP contribution is 2.25. The number of benzene rings is 2. The number of nitrogens with one attached hydrogen (secondary N) is 2. The van der Waals surface area contributed by atoms with Crippen LogP contribution < -0.4 is 20.1 Å². The van der Waals surface area contributed by atoms with Gasteiger partial charge in [-0.15, -0.1) is 0 Å². The van der Waals surface area contributed by atoms with E-state index in [2.05, 4.69) is 10.6 Å². The molecule has 1 atom stereocenters. The van der Waals surface area contributed by atoms with Gasteiger partial charge in [-0.05, 0) is 50.2 Å². The summed E-state index contributed by atoms with van der Waals surface area (Å²) in [4.78, 5) is 25.6. The third-order valence-corrected chi connectivity index (χ3v) is 4.57. The van der Waals surface area contributed by atoms with Gasteiger partial charge in [0.1, 0.15) is 18.1 Å². The van der Waals surface area contributed by atoms with Crippen molar-refractivity contribution in [1.29, 1.82) is 0 Å². The van der Waals surface area contributed by atoms with Crippen LogP contribution in [-0.4, -0.2) is 31.6 Å². The normalized spacial score (nSPS) is 12.0. The van der Waals surface area contributed by atoms with E-state index in [4.69, 9.17) is 13.9 Å². The summed E-state index contributed by atoms with van der Waals surface area (Å²) in [6.45, 7) is 3.96. The third kappa shape index (κ3) is 6.25. The molecule has 0 aliphatic rings. The summed E-state index contributed by atoms with van der Waals surface area (Å²) in [5.74, 6) is 0.774. The summed E-state index contributed by atoms with van der Waals surface area (Å²) in [6, 6.07) is 17.4. The molecule has 0 saturated carbocycles. The molecule has 0 spiro atoms. The van der Waals surface area contributed by atoms with Crippen molar-refractivity contribution in [2.75, 3.05) is 13.7 Å². The molecule has 2 aromatic carbocycles. The fourth-order valence-corrected chi connectivity index (χ4v) is 2.87. The van der Waals surface area contributed by atoms with E-state index in [1.165, 1.54) is 12.3 Å². The second-order valence-electron chi connectivity index (χ2n) is 7.23.